The van der Waals surface area contributed by atoms with Gasteiger partial charge < -0.3 is 4.74 Å². The molecule has 0 N–H and O–H groups in total. The van der Waals surface area contributed by atoms with E-state index in [1.165, 1.54) is 4.80 Å². The SMILES string of the molecule is COc1ccc(-n2nnc(-c3ccccc3Cl)n2)cc1. The zero-order chi connectivity index (χ0) is 13.9. The Hall–Kier alpha value is -2.40. The third-order valence-corrected chi connectivity index (χ3v) is 3.16. The van der Waals surface area contributed by atoms with E-state index in [0.717, 1.165) is 17.0 Å². The van der Waals surface area contributed by atoms with Gasteiger partial charge in [-0.15, -0.1) is 15.0 Å². The summed E-state index contributed by atoms with van der Waals surface area (Å²) >= 11 is 6.12. The van der Waals surface area contributed by atoms with Gasteiger partial charge in [-0.2, -0.15) is 0 Å². The second-order valence-electron chi connectivity index (χ2n) is 4.08. The van der Waals surface area contributed by atoms with Gasteiger partial charge >= 0.3 is 0 Å². The highest BCUT2D eigenvalue weighted by atomic mass is 35.5. The first kappa shape index (κ1) is 12.6. The van der Waals surface area contributed by atoms with E-state index in [1.807, 2.05) is 42.5 Å². The molecule has 3 rings (SSSR count). The van der Waals surface area contributed by atoms with E-state index in [-0.39, 0.29) is 0 Å². The van der Waals surface area contributed by atoms with Gasteiger partial charge in [0.15, 0.2) is 0 Å². The number of hydrogen-bond donors (Lipinski definition) is 0. The van der Waals surface area contributed by atoms with Gasteiger partial charge in [0, 0.05) is 5.56 Å². The van der Waals surface area contributed by atoms with Crippen molar-refractivity contribution in [3.05, 3.63) is 53.6 Å². The fourth-order valence-corrected chi connectivity index (χ4v) is 2.01. The predicted octanol–water partition coefficient (Wildman–Crippen LogP) is 2.99. The highest BCUT2D eigenvalue weighted by molar-refractivity contribution is 6.33. The Morgan fingerprint density at radius 2 is 1.80 bits per heavy atom. The third-order valence-electron chi connectivity index (χ3n) is 2.83. The minimum Gasteiger partial charge on any atom is -0.497 e. The summed E-state index contributed by atoms with van der Waals surface area (Å²) in [7, 11) is 1.62. The fraction of sp³-hybridized carbons (Fsp3) is 0.0714. The summed E-state index contributed by atoms with van der Waals surface area (Å²) in [4.78, 5) is 1.46. The maximum atomic E-state index is 6.12. The Morgan fingerprint density at radius 1 is 1.05 bits per heavy atom. The molecule has 6 heteroatoms. The lowest BCUT2D eigenvalue weighted by molar-refractivity contribution is 0.414. The van der Waals surface area contributed by atoms with E-state index < -0.39 is 0 Å². The van der Waals surface area contributed by atoms with E-state index in [4.69, 9.17) is 16.3 Å². The van der Waals surface area contributed by atoms with Crippen LogP contribution < -0.4 is 4.74 Å². The fourth-order valence-electron chi connectivity index (χ4n) is 1.79. The molecule has 0 aliphatic heterocycles. The van der Waals surface area contributed by atoms with Crippen LogP contribution in [-0.2, 0) is 0 Å². The molecule has 0 bridgehead atoms. The number of aromatic nitrogens is 4. The van der Waals surface area contributed by atoms with Crippen molar-refractivity contribution in [1.29, 1.82) is 0 Å². The average molecular weight is 287 g/mol. The number of tetrazole rings is 1. The Balaban J connectivity index is 1.95. The van der Waals surface area contributed by atoms with Gasteiger partial charge in [-0.3, -0.25) is 0 Å². The summed E-state index contributed by atoms with van der Waals surface area (Å²) < 4.78 is 5.11. The monoisotopic (exact) mass is 286 g/mol. The third kappa shape index (κ3) is 2.35. The zero-order valence-electron chi connectivity index (χ0n) is 10.7. The predicted molar refractivity (Wildman–Crippen MR) is 76.2 cm³/mol. The van der Waals surface area contributed by atoms with Gasteiger partial charge in [-0.05, 0) is 41.6 Å². The minimum absolute atomic E-state index is 0.492. The molecule has 20 heavy (non-hydrogen) atoms. The van der Waals surface area contributed by atoms with Crippen LogP contribution in [0.2, 0.25) is 5.02 Å². The second-order valence-corrected chi connectivity index (χ2v) is 4.49. The molecule has 0 fully saturated rings. The molecule has 1 aromatic heterocycles. The summed E-state index contributed by atoms with van der Waals surface area (Å²) in [5, 5.41) is 13.0. The van der Waals surface area contributed by atoms with E-state index in [9.17, 15) is 0 Å². The van der Waals surface area contributed by atoms with E-state index in [2.05, 4.69) is 15.4 Å². The summed E-state index contributed by atoms with van der Waals surface area (Å²) in [6.07, 6.45) is 0. The second kappa shape index (κ2) is 5.30. The number of benzene rings is 2. The van der Waals surface area contributed by atoms with Crippen LogP contribution in [0.1, 0.15) is 0 Å². The topological polar surface area (TPSA) is 52.8 Å². The molecule has 0 aliphatic carbocycles. The van der Waals surface area contributed by atoms with Crippen LogP contribution in [0.5, 0.6) is 5.75 Å². The van der Waals surface area contributed by atoms with Gasteiger partial charge in [0.25, 0.3) is 0 Å². The van der Waals surface area contributed by atoms with Crippen molar-refractivity contribution in [2.45, 2.75) is 0 Å². The average Bonchev–Trinajstić information content (AvgIpc) is 2.97. The van der Waals surface area contributed by atoms with Gasteiger partial charge in [-0.1, -0.05) is 23.7 Å². The summed E-state index contributed by atoms with van der Waals surface area (Å²) in [6.45, 7) is 0. The van der Waals surface area contributed by atoms with Gasteiger partial charge in [0.1, 0.15) is 5.75 Å². The lowest BCUT2D eigenvalue weighted by Crippen LogP contribution is -1.98. The van der Waals surface area contributed by atoms with Gasteiger partial charge in [0.05, 0.1) is 17.8 Å². The number of rotatable bonds is 3. The Bertz CT molecular complexity index is 724. The lowest BCUT2D eigenvalue weighted by atomic mass is 10.2. The highest BCUT2D eigenvalue weighted by Crippen LogP contribution is 2.24. The summed E-state index contributed by atoms with van der Waals surface area (Å²) in [5.41, 5.74) is 1.56. The molecular formula is C14H11ClN4O. The van der Waals surface area contributed by atoms with Gasteiger partial charge in [-0.25, -0.2) is 0 Å². The van der Waals surface area contributed by atoms with Crippen LogP contribution in [0, 0.1) is 0 Å². The van der Waals surface area contributed by atoms with E-state index >= 15 is 0 Å². The summed E-state index contributed by atoms with van der Waals surface area (Å²) in [6, 6.07) is 14.8. The molecule has 5 nitrogen and oxygen atoms in total. The molecule has 2 aromatic carbocycles. The molecule has 100 valence electrons. The molecule has 0 spiro atoms. The van der Waals surface area contributed by atoms with Crippen molar-refractivity contribution in [3.8, 4) is 22.8 Å². The molecule has 0 atom stereocenters. The van der Waals surface area contributed by atoms with E-state index in [1.54, 1.807) is 13.2 Å². The first-order valence-corrected chi connectivity index (χ1v) is 6.35. The van der Waals surface area contributed by atoms with Crippen LogP contribution in [0.3, 0.4) is 0 Å². The number of ether oxygens (including phenoxy) is 1. The van der Waals surface area contributed by atoms with Crippen molar-refractivity contribution >= 4 is 11.6 Å². The molecule has 0 radical (unpaired) electrons. The van der Waals surface area contributed by atoms with Gasteiger partial charge in [0.2, 0.25) is 5.82 Å². The molecule has 0 saturated heterocycles. The Kier molecular flexibility index (Phi) is 3.35. The molecule has 0 aliphatic rings. The lowest BCUT2D eigenvalue weighted by Gasteiger charge is -2.01. The quantitative estimate of drug-likeness (QED) is 0.743. The normalized spacial score (nSPS) is 10.5. The van der Waals surface area contributed by atoms with Crippen LogP contribution in [0.4, 0.5) is 0 Å². The number of nitrogens with zero attached hydrogens (tertiary/aromatic N) is 4. The molecule has 0 unspecified atom stereocenters. The Morgan fingerprint density at radius 3 is 2.50 bits per heavy atom. The van der Waals surface area contributed by atoms with Crippen molar-refractivity contribution in [2.24, 2.45) is 0 Å². The first-order chi connectivity index (χ1) is 9.78. The maximum Gasteiger partial charge on any atom is 0.206 e. The molecule has 0 amide bonds. The van der Waals surface area contributed by atoms with Crippen LogP contribution in [-0.4, -0.2) is 27.3 Å². The number of hydrogen-bond acceptors (Lipinski definition) is 4. The summed E-state index contributed by atoms with van der Waals surface area (Å²) in [5.74, 6) is 1.27. The van der Waals surface area contributed by atoms with Crippen molar-refractivity contribution in [3.63, 3.8) is 0 Å². The maximum absolute atomic E-state index is 6.12. The smallest absolute Gasteiger partial charge is 0.206 e. The first-order valence-electron chi connectivity index (χ1n) is 5.97. The molecule has 3 aromatic rings. The number of halogens is 1. The minimum atomic E-state index is 0.492. The standard InChI is InChI=1S/C14H11ClN4O/c1-20-11-8-6-10(7-9-11)19-17-14(16-18-19)12-4-2-3-5-13(12)15/h2-9H,1H3. The van der Waals surface area contributed by atoms with Crippen molar-refractivity contribution < 1.29 is 4.74 Å². The van der Waals surface area contributed by atoms with Crippen LogP contribution in [0.15, 0.2) is 48.5 Å². The van der Waals surface area contributed by atoms with Crippen molar-refractivity contribution in [1.82, 2.24) is 20.2 Å². The van der Waals surface area contributed by atoms with Crippen molar-refractivity contribution in [2.75, 3.05) is 7.11 Å². The number of methoxy groups -OCH3 is 1. The molecular weight excluding hydrogens is 276 g/mol. The van der Waals surface area contributed by atoms with Crippen LogP contribution in [0.25, 0.3) is 17.1 Å². The zero-order valence-corrected chi connectivity index (χ0v) is 11.4. The Labute approximate surface area is 120 Å². The molecule has 1 heterocycles. The van der Waals surface area contributed by atoms with E-state index in [0.29, 0.717) is 10.8 Å². The molecule has 0 saturated carbocycles. The largest absolute Gasteiger partial charge is 0.497 e. The van der Waals surface area contributed by atoms with Crippen LogP contribution >= 0.6 is 11.6 Å². The highest BCUT2D eigenvalue weighted by Gasteiger charge is 2.10.